The van der Waals surface area contributed by atoms with Crippen molar-refractivity contribution in [3.8, 4) is 0 Å². The molecule has 0 saturated heterocycles. The zero-order chi connectivity index (χ0) is 11.0. The van der Waals surface area contributed by atoms with Crippen molar-refractivity contribution in [2.24, 2.45) is 0 Å². The summed E-state index contributed by atoms with van der Waals surface area (Å²) in [5, 5.41) is 1.47. The molecule has 0 fully saturated rings. The first-order valence-corrected chi connectivity index (χ1v) is 5.30. The number of nitrogens with zero attached hydrogens (tertiary/aromatic N) is 1. The number of fused-ring (bicyclic) bond motifs is 1. The molecule has 0 aliphatic rings. The molecular formula is C12H12ClNO. The normalized spacial score (nSPS) is 10.9. The average Bonchev–Trinajstić information content (AvgIpc) is 2.48. The van der Waals surface area contributed by atoms with Crippen molar-refractivity contribution >= 4 is 28.8 Å². The highest BCUT2D eigenvalue weighted by molar-refractivity contribution is 6.34. The molecule has 0 N–H and O–H groups in total. The van der Waals surface area contributed by atoms with E-state index in [2.05, 4.69) is 6.07 Å². The Morgan fingerprint density at radius 3 is 2.80 bits per heavy atom. The highest BCUT2D eigenvalue weighted by atomic mass is 35.5. The summed E-state index contributed by atoms with van der Waals surface area (Å²) in [5.41, 5.74) is 2.79. The summed E-state index contributed by atoms with van der Waals surface area (Å²) >= 11 is 6.14. The lowest BCUT2D eigenvalue weighted by molar-refractivity contribution is 0.112. The van der Waals surface area contributed by atoms with E-state index in [9.17, 15) is 4.79 Å². The van der Waals surface area contributed by atoms with Gasteiger partial charge in [0, 0.05) is 11.9 Å². The zero-order valence-corrected chi connectivity index (χ0v) is 9.51. The van der Waals surface area contributed by atoms with Crippen LogP contribution in [0.2, 0.25) is 5.15 Å². The van der Waals surface area contributed by atoms with Crippen molar-refractivity contribution in [1.82, 2.24) is 4.57 Å². The van der Waals surface area contributed by atoms with Gasteiger partial charge in [-0.25, -0.2) is 0 Å². The van der Waals surface area contributed by atoms with Crippen LogP contribution in [0, 0.1) is 6.92 Å². The van der Waals surface area contributed by atoms with Crippen molar-refractivity contribution in [3.63, 3.8) is 0 Å². The summed E-state index contributed by atoms with van der Waals surface area (Å²) in [5.74, 6) is 0. The predicted octanol–water partition coefficient (Wildman–Crippen LogP) is 3.44. The van der Waals surface area contributed by atoms with Crippen LogP contribution in [-0.4, -0.2) is 10.9 Å². The van der Waals surface area contributed by atoms with E-state index in [1.54, 1.807) is 0 Å². The summed E-state index contributed by atoms with van der Waals surface area (Å²) in [6.07, 6.45) is 0.826. The van der Waals surface area contributed by atoms with Crippen LogP contribution in [0.1, 0.15) is 22.8 Å². The molecule has 1 aromatic carbocycles. The molecule has 0 atom stereocenters. The number of hydrogen-bond acceptors (Lipinski definition) is 1. The van der Waals surface area contributed by atoms with Gasteiger partial charge in [-0.05, 0) is 25.5 Å². The largest absolute Gasteiger partial charge is 0.331 e. The van der Waals surface area contributed by atoms with Crippen LogP contribution >= 0.6 is 11.6 Å². The van der Waals surface area contributed by atoms with Crippen LogP contribution in [0.4, 0.5) is 0 Å². The Bertz CT molecular complexity index is 528. The minimum Gasteiger partial charge on any atom is -0.331 e. The van der Waals surface area contributed by atoms with Gasteiger partial charge < -0.3 is 4.57 Å². The molecule has 2 rings (SSSR count). The average molecular weight is 222 g/mol. The molecule has 0 spiro atoms. The van der Waals surface area contributed by atoms with Crippen molar-refractivity contribution in [1.29, 1.82) is 0 Å². The molecule has 2 nitrogen and oxygen atoms in total. The molecule has 0 aliphatic heterocycles. The summed E-state index contributed by atoms with van der Waals surface area (Å²) < 4.78 is 1.95. The van der Waals surface area contributed by atoms with Crippen molar-refractivity contribution < 1.29 is 4.79 Å². The molecule has 0 aliphatic carbocycles. The van der Waals surface area contributed by atoms with Gasteiger partial charge in [0.25, 0.3) is 0 Å². The topological polar surface area (TPSA) is 22.0 Å². The third-order valence-corrected chi connectivity index (χ3v) is 3.04. The van der Waals surface area contributed by atoms with E-state index >= 15 is 0 Å². The molecule has 1 heterocycles. The third-order valence-electron chi connectivity index (χ3n) is 2.63. The Morgan fingerprint density at radius 1 is 1.47 bits per heavy atom. The van der Waals surface area contributed by atoms with E-state index in [4.69, 9.17) is 11.6 Å². The Morgan fingerprint density at radius 2 is 2.20 bits per heavy atom. The van der Waals surface area contributed by atoms with Crippen LogP contribution in [-0.2, 0) is 6.54 Å². The van der Waals surface area contributed by atoms with E-state index < -0.39 is 0 Å². The van der Waals surface area contributed by atoms with Gasteiger partial charge in [-0.3, -0.25) is 4.79 Å². The number of aryl methyl sites for hydroxylation is 2. The quantitative estimate of drug-likeness (QED) is 0.713. The van der Waals surface area contributed by atoms with E-state index in [-0.39, 0.29) is 0 Å². The van der Waals surface area contributed by atoms with Crippen molar-refractivity contribution in [2.45, 2.75) is 20.4 Å². The molecule has 0 bridgehead atoms. The van der Waals surface area contributed by atoms with E-state index in [0.29, 0.717) is 10.7 Å². The molecule has 2 aromatic rings. The van der Waals surface area contributed by atoms with Gasteiger partial charge in [-0.15, -0.1) is 0 Å². The Kier molecular flexibility index (Phi) is 2.53. The lowest BCUT2D eigenvalue weighted by Crippen LogP contribution is -1.93. The molecule has 0 radical (unpaired) electrons. The summed E-state index contributed by atoms with van der Waals surface area (Å²) in [4.78, 5) is 11.0. The van der Waals surface area contributed by atoms with Crippen LogP contribution in [0.25, 0.3) is 10.9 Å². The van der Waals surface area contributed by atoms with Gasteiger partial charge in [-0.1, -0.05) is 23.7 Å². The van der Waals surface area contributed by atoms with Crippen molar-refractivity contribution in [3.05, 3.63) is 34.5 Å². The predicted molar refractivity (Wildman–Crippen MR) is 62.7 cm³/mol. The maximum Gasteiger partial charge on any atom is 0.153 e. The zero-order valence-electron chi connectivity index (χ0n) is 8.75. The number of carbonyl (C=O) groups is 1. The van der Waals surface area contributed by atoms with Gasteiger partial charge in [0.05, 0.1) is 11.1 Å². The van der Waals surface area contributed by atoms with Gasteiger partial charge in [0.1, 0.15) is 5.15 Å². The van der Waals surface area contributed by atoms with Gasteiger partial charge >= 0.3 is 0 Å². The molecule has 3 heteroatoms. The van der Waals surface area contributed by atoms with E-state index in [1.165, 1.54) is 5.56 Å². The fourth-order valence-corrected chi connectivity index (χ4v) is 2.23. The second kappa shape index (κ2) is 3.70. The van der Waals surface area contributed by atoms with Gasteiger partial charge in [-0.2, -0.15) is 0 Å². The first-order valence-electron chi connectivity index (χ1n) is 4.92. The molecule has 0 amide bonds. The highest BCUT2D eigenvalue weighted by Gasteiger charge is 2.13. The fraction of sp³-hybridized carbons (Fsp3) is 0.250. The summed E-state index contributed by atoms with van der Waals surface area (Å²) in [7, 11) is 0. The van der Waals surface area contributed by atoms with Crippen LogP contribution in [0.15, 0.2) is 18.2 Å². The molecule has 78 valence electrons. The minimum atomic E-state index is 0.535. The molecule has 0 saturated carbocycles. The van der Waals surface area contributed by atoms with Gasteiger partial charge in [0.2, 0.25) is 0 Å². The molecule has 0 unspecified atom stereocenters. The van der Waals surface area contributed by atoms with Gasteiger partial charge in [0.15, 0.2) is 6.29 Å². The number of carbonyl (C=O) groups excluding carboxylic acids is 1. The van der Waals surface area contributed by atoms with Crippen LogP contribution in [0.3, 0.4) is 0 Å². The fourth-order valence-electron chi connectivity index (χ4n) is 1.88. The second-order valence-electron chi connectivity index (χ2n) is 3.59. The van der Waals surface area contributed by atoms with Crippen molar-refractivity contribution in [2.75, 3.05) is 0 Å². The first kappa shape index (κ1) is 10.2. The Balaban J connectivity index is 2.91. The maximum atomic E-state index is 11.0. The summed E-state index contributed by atoms with van der Waals surface area (Å²) in [6.45, 7) is 4.82. The molecule has 1 aromatic heterocycles. The van der Waals surface area contributed by atoms with Crippen LogP contribution < -0.4 is 0 Å². The number of aldehydes is 1. The maximum absolute atomic E-state index is 11.0. The summed E-state index contributed by atoms with van der Waals surface area (Å²) in [6, 6.07) is 6.00. The standard InChI is InChI=1S/C12H12ClNO/c1-3-14-11-6-8(2)4-5-9(11)10(7-15)12(14)13/h4-7H,3H2,1-2H3. The smallest absolute Gasteiger partial charge is 0.153 e. The van der Waals surface area contributed by atoms with Crippen LogP contribution in [0.5, 0.6) is 0 Å². The number of hydrogen-bond donors (Lipinski definition) is 0. The number of aromatic nitrogens is 1. The monoisotopic (exact) mass is 221 g/mol. The Labute approximate surface area is 93.5 Å². The third kappa shape index (κ3) is 1.45. The number of rotatable bonds is 2. The minimum absolute atomic E-state index is 0.535. The van der Waals surface area contributed by atoms with E-state index in [1.807, 2.05) is 30.5 Å². The molecule has 15 heavy (non-hydrogen) atoms. The molecular weight excluding hydrogens is 210 g/mol. The van der Waals surface area contributed by atoms with E-state index in [0.717, 1.165) is 23.7 Å². The number of benzene rings is 1. The lowest BCUT2D eigenvalue weighted by atomic mass is 10.1. The highest BCUT2D eigenvalue weighted by Crippen LogP contribution is 2.29. The second-order valence-corrected chi connectivity index (χ2v) is 3.95. The number of halogens is 1. The SMILES string of the molecule is CCn1c(Cl)c(C=O)c2ccc(C)cc21. The lowest BCUT2D eigenvalue weighted by Gasteiger charge is -2.02. The first-order chi connectivity index (χ1) is 7.19. The Hall–Kier alpha value is -1.28.